The minimum atomic E-state index is -4.55. The summed E-state index contributed by atoms with van der Waals surface area (Å²) in [7, 11) is 0. The van der Waals surface area contributed by atoms with Gasteiger partial charge in [0.2, 0.25) is 0 Å². The fraction of sp³-hybridized carbons (Fsp3) is 0.500. The Morgan fingerprint density at radius 3 is 2.18 bits per heavy atom. The Morgan fingerprint density at radius 2 is 1.71 bits per heavy atom. The second-order valence-electron chi connectivity index (χ2n) is 4.61. The van der Waals surface area contributed by atoms with E-state index >= 15 is 0 Å². The molecule has 1 aromatic carbocycles. The van der Waals surface area contributed by atoms with E-state index in [0.29, 0.717) is 12.5 Å². The predicted molar refractivity (Wildman–Crippen MR) is 58.1 cm³/mol. The maximum atomic E-state index is 12.9. The lowest BCUT2D eigenvalue weighted by molar-refractivity contribution is -0.139. The third-order valence-corrected chi connectivity index (χ3v) is 2.79. The van der Waals surface area contributed by atoms with Crippen LogP contribution < -0.4 is 5.73 Å². The van der Waals surface area contributed by atoms with Gasteiger partial charge in [0, 0.05) is 0 Å². The summed E-state index contributed by atoms with van der Waals surface area (Å²) >= 11 is 0. The van der Waals surface area contributed by atoms with E-state index in [-0.39, 0.29) is 12.1 Å². The first kappa shape index (κ1) is 14.0. The topological polar surface area (TPSA) is 26.0 Å². The molecule has 2 N–H and O–H groups in total. The fourth-order valence-electron chi connectivity index (χ4n) is 1.84. The Hall–Kier alpha value is -1.10. The fourth-order valence-corrected chi connectivity index (χ4v) is 1.84. The number of rotatable bonds is 3. The number of nitrogens with two attached hydrogens (primary N) is 1. The Bertz CT molecular complexity index is 396. The summed E-state index contributed by atoms with van der Waals surface area (Å²) in [6, 6.07) is 2.77. The first-order chi connectivity index (χ1) is 7.68. The molecule has 0 aliphatic carbocycles. The molecule has 1 nitrogen and oxygen atoms in total. The molecule has 0 saturated heterocycles. The van der Waals surface area contributed by atoms with Crippen molar-refractivity contribution in [3.8, 4) is 0 Å². The van der Waals surface area contributed by atoms with Crippen LogP contribution >= 0.6 is 0 Å². The molecule has 17 heavy (non-hydrogen) atoms. The van der Waals surface area contributed by atoms with Gasteiger partial charge in [0.15, 0.2) is 0 Å². The van der Waals surface area contributed by atoms with Crippen LogP contribution in [-0.2, 0) is 11.6 Å². The molecule has 0 bridgehead atoms. The van der Waals surface area contributed by atoms with Crippen molar-refractivity contribution in [1.82, 2.24) is 0 Å². The van der Waals surface area contributed by atoms with Crippen molar-refractivity contribution in [2.75, 3.05) is 6.54 Å². The number of hydrogen-bond acceptors (Lipinski definition) is 1. The van der Waals surface area contributed by atoms with Crippen LogP contribution in [0.2, 0.25) is 0 Å². The van der Waals surface area contributed by atoms with Gasteiger partial charge in [-0.2, -0.15) is 13.2 Å². The highest BCUT2D eigenvalue weighted by atomic mass is 19.4. The minimum Gasteiger partial charge on any atom is -0.330 e. The first-order valence-corrected chi connectivity index (χ1v) is 5.26. The first-order valence-electron chi connectivity index (χ1n) is 5.26. The van der Waals surface area contributed by atoms with Crippen molar-refractivity contribution >= 4 is 0 Å². The molecule has 0 unspecified atom stereocenters. The summed E-state index contributed by atoms with van der Waals surface area (Å²) in [5, 5.41) is 0. The largest absolute Gasteiger partial charge is 0.416 e. The molecule has 5 heteroatoms. The van der Waals surface area contributed by atoms with Crippen LogP contribution in [0, 0.1) is 5.82 Å². The lowest BCUT2D eigenvalue weighted by Gasteiger charge is -2.28. The summed E-state index contributed by atoms with van der Waals surface area (Å²) in [4.78, 5) is 0. The molecule has 1 aromatic rings. The van der Waals surface area contributed by atoms with Crippen molar-refractivity contribution in [3.05, 3.63) is 35.1 Å². The Morgan fingerprint density at radius 1 is 1.12 bits per heavy atom. The molecule has 0 atom stereocenters. The van der Waals surface area contributed by atoms with Gasteiger partial charge >= 0.3 is 6.18 Å². The summed E-state index contributed by atoms with van der Waals surface area (Å²) < 4.78 is 51.3. The molecule has 0 spiro atoms. The third kappa shape index (κ3) is 3.19. The van der Waals surface area contributed by atoms with Crippen LogP contribution in [0.5, 0.6) is 0 Å². The van der Waals surface area contributed by atoms with Gasteiger partial charge in [-0.05, 0) is 36.1 Å². The predicted octanol–water partition coefficient (Wildman–Crippen LogP) is 3.47. The molecule has 0 radical (unpaired) electrons. The monoisotopic (exact) mass is 249 g/mol. The van der Waals surface area contributed by atoms with E-state index in [2.05, 4.69) is 0 Å². The number of benzene rings is 1. The molecule has 0 aliphatic heterocycles. The van der Waals surface area contributed by atoms with Gasteiger partial charge in [-0.25, -0.2) is 4.39 Å². The zero-order valence-electron chi connectivity index (χ0n) is 9.74. The van der Waals surface area contributed by atoms with Crippen LogP contribution in [0.3, 0.4) is 0 Å². The molecule has 0 saturated carbocycles. The van der Waals surface area contributed by atoms with E-state index in [1.54, 1.807) is 13.8 Å². The van der Waals surface area contributed by atoms with E-state index in [4.69, 9.17) is 5.73 Å². The lowest BCUT2D eigenvalue weighted by atomic mass is 9.79. The number of alkyl halides is 3. The van der Waals surface area contributed by atoms with Crippen molar-refractivity contribution in [1.29, 1.82) is 0 Å². The van der Waals surface area contributed by atoms with Gasteiger partial charge in [0.25, 0.3) is 0 Å². The highest BCUT2D eigenvalue weighted by Crippen LogP contribution is 2.39. The second-order valence-corrected chi connectivity index (χ2v) is 4.61. The Kier molecular flexibility index (Phi) is 3.81. The zero-order valence-corrected chi connectivity index (χ0v) is 9.74. The minimum absolute atomic E-state index is 0.0804. The van der Waals surface area contributed by atoms with E-state index in [1.807, 2.05) is 0 Å². The van der Waals surface area contributed by atoms with Crippen LogP contribution in [-0.4, -0.2) is 6.54 Å². The molecule has 0 amide bonds. The molecule has 0 aromatic heterocycles. The molecule has 0 fully saturated rings. The maximum absolute atomic E-state index is 12.9. The summed E-state index contributed by atoms with van der Waals surface area (Å²) in [5.41, 5.74) is 3.82. The van der Waals surface area contributed by atoms with Crippen LogP contribution in [0.4, 0.5) is 17.6 Å². The summed E-state index contributed by atoms with van der Waals surface area (Å²) in [6.45, 7) is 3.62. The van der Waals surface area contributed by atoms with Crippen molar-refractivity contribution in [2.24, 2.45) is 5.73 Å². The van der Waals surface area contributed by atoms with Gasteiger partial charge in [-0.3, -0.25) is 0 Å². The number of halogens is 4. The molecule has 1 rings (SSSR count). The standard InChI is InChI=1S/C12H15F4N/c1-11(2,5-6-17)9-4-3-8(13)7-10(9)12(14,15)16/h3-4,7H,5-6,17H2,1-2H3. The molecular weight excluding hydrogens is 234 g/mol. The van der Waals surface area contributed by atoms with E-state index in [0.717, 1.165) is 6.07 Å². The highest BCUT2D eigenvalue weighted by Gasteiger charge is 2.37. The van der Waals surface area contributed by atoms with Crippen molar-refractivity contribution in [2.45, 2.75) is 31.9 Å². The zero-order chi connectivity index (χ0) is 13.3. The van der Waals surface area contributed by atoms with Crippen LogP contribution in [0.1, 0.15) is 31.4 Å². The maximum Gasteiger partial charge on any atom is 0.416 e. The molecule has 0 heterocycles. The van der Waals surface area contributed by atoms with Crippen LogP contribution in [0.15, 0.2) is 18.2 Å². The van der Waals surface area contributed by atoms with Crippen LogP contribution in [0.25, 0.3) is 0 Å². The van der Waals surface area contributed by atoms with Gasteiger partial charge < -0.3 is 5.73 Å². The van der Waals surface area contributed by atoms with Crippen molar-refractivity contribution in [3.63, 3.8) is 0 Å². The van der Waals surface area contributed by atoms with Gasteiger partial charge in [0.1, 0.15) is 5.82 Å². The summed E-state index contributed by atoms with van der Waals surface area (Å²) in [5.74, 6) is -0.885. The quantitative estimate of drug-likeness (QED) is 0.815. The lowest BCUT2D eigenvalue weighted by Crippen LogP contribution is -2.25. The number of hydrogen-bond donors (Lipinski definition) is 1. The van der Waals surface area contributed by atoms with Gasteiger partial charge in [0.05, 0.1) is 5.56 Å². The third-order valence-electron chi connectivity index (χ3n) is 2.79. The average Bonchev–Trinajstić information content (AvgIpc) is 2.15. The van der Waals surface area contributed by atoms with E-state index < -0.39 is 23.0 Å². The molecule has 0 aliphatic rings. The van der Waals surface area contributed by atoms with Gasteiger partial charge in [-0.1, -0.05) is 19.9 Å². The smallest absolute Gasteiger partial charge is 0.330 e. The molecule has 96 valence electrons. The SMILES string of the molecule is CC(C)(CCN)c1ccc(F)cc1C(F)(F)F. The summed E-state index contributed by atoms with van der Waals surface area (Å²) in [6.07, 6.45) is -4.15. The highest BCUT2D eigenvalue weighted by molar-refractivity contribution is 5.36. The second kappa shape index (κ2) is 4.64. The Balaban J connectivity index is 3.33. The van der Waals surface area contributed by atoms with E-state index in [1.165, 1.54) is 6.07 Å². The van der Waals surface area contributed by atoms with E-state index in [9.17, 15) is 17.6 Å². The average molecular weight is 249 g/mol. The van der Waals surface area contributed by atoms with Crippen molar-refractivity contribution < 1.29 is 17.6 Å². The molecular formula is C12H15F4N. The van der Waals surface area contributed by atoms with Gasteiger partial charge in [-0.15, -0.1) is 0 Å². The Labute approximate surface area is 97.6 Å². The normalized spacial score (nSPS) is 12.9.